The first-order chi connectivity index (χ1) is 11.2. The number of thiophene rings is 1. The van der Waals surface area contributed by atoms with Crippen LogP contribution in [0.15, 0.2) is 23.6 Å². The molecule has 3 heterocycles. The van der Waals surface area contributed by atoms with Crippen LogP contribution in [-0.2, 0) is 0 Å². The molecule has 1 aromatic heterocycles. The number of aliphatic hydroxyl groups excluding tert-OH is 1. The minimum absolute atomic E-state index is 0.0153. The van der Waals surface area contributed by atoms with Gasteiger partial charge in [-0.2, -0.15) is 0 Å². The van der Waals surface area contributed by atoms with Crippen molar-refractivity contribution in [3.63, 3.8) is 0 Å². The van der Waals surface area contributed by atoms with Crippen molar-refractivity contribution in [2.75, 3.05) is 6.61 Å². The standard InChI is InChI=1S/C18H18N2O2S/c21-7-1-2-12-10-23-17-6-3-11(8-14(12)17)18(22)20-16-9-13-4-5-15(16)19-13/h3,6,8,10,13,15-16,19,21H,4-5,7,9H2,(H,20,22)/t13-,15+,16-/m1/s1. The van der Waals surface area contributed by atoms with E-state index in [-0.39, 0.29) is 18.6 Å². The molecule has 5 heteroatoms. The molecule has 1 aromatic carbocycles. The Bertz CT molecular complexity index is 817. The van der Waals surface area contributed by atoms with E-state index in [0.29, 0.717) is 17.6 Å². The van der Waals surface area contributed by atoms with Crippen LogP contribution in [-0.4, -0.2) is 35.7 Å². The second kappa shape index (κ2) is 5.97. The molecule has 0 spiro atoms. The number of rotatable bonds is 2. The second-order valence-corrected chi connectivity index (χ2v) is 7.09. The van der Waals surface area contributed by atoms with Crippen LogP contribution < -0.4 is 10.6 Å². The molecule has 23 heavy (non-hydrogen) atoms. The Balaban J connectivity index is 1.57. The Hall–Kier alpha value is -1.87. The maximum atomic E-state index is 12.6. The van der Waals surface area contributed by atoms with Gasteiger partial charge in [0.25, 0.3) is 5.91 Å². The summed E-state index contributed by atoms with van der Waals surface area (Å²) in [4.78, 5) is 12.6. The van der Waals surface area contributed by atoms with Gasteiger partial charge in [0.15, 0.2) is 0 Å². The van der Waals surface area contributed by atoms with Gasteiger partial charge in [0.1, 0.15) is 6.61 Å². The van der Waals surface area contributed by atoms with E-state index in [9.17, 15) is 4.79 Å². The first kappa shape index (κ1) is 14.7. The lowest BCUT2D eigenvalue weighted by atomic mass is 9.95. The lowest BCUT2D eigenvalue weighted by Crippen LogP contribution is -2.42. The lowest BCUT2D eigenvalue weighted by Gasteiger charge is -2.21. The van der Waals surface area contributed by atoms with Crippen LogP contribution >= 0.6 is 11.3 Å². The van der Waals surface area contributed by atoms with Crippen LogP contribution in [0.3, 0.4) is 0 Å². The van der Waals surface area contributed by atoms with Gasteiger partial charge in [0.05, 0.1) is 0 Å². The van der Waals surface area contributed by atoms with Gasteiger partial charge in [-0.25, -0.2) is 0 Å². The van der Waals surface area contributed by atoms with Crippen molar-refractivity contribution in [1.29, 1.82) is 0 Å². The number of amides is 1. The van der Waals surface area contributed by atoms with Gasteiger partial charge in [0, 0.05) is 44.7 Å². The summed E-state index contributed by atoms with van der Waals surface area (Å²) in [5.74, 6) is 5.60. The smallest absolute Gasteiger partial charge is 0.251 e. The molecule has 2 fully saturated rings. The van der Waals surface area contributed by atoms with Gasteiger partial charge >= 0.3 is 0 Å². The van der Waals surface area contributed by atoms with Gasteiger partial charge in [-0.05, 0) is 37.5 Å². The summed E-state index contributed by atoms with van der Waals surface area (Å²) >= 11 is 1.60. The molecule has 118 valence electrons. The van der Waals surface area contributed by atoms with Crippen LogP contribution in [0.25, 0.3) is 10.1 Å². The largest absolute Gasteiger partial charge is 0.384 e. The maximum absolute atomic E-state index is 12.6. The molecule has 1 amide bonds. The van der Waals surface area contributed by atoms with Crippen molar-refractivity contribution >= 4 is 27.3 Å². The molecule has 0 saturated carbocycles. The average Bonchev–Trinajstić information content (AvgIpc) is 3.27. The van der Waals surface area contributed by atoms with E-state index >= 15 is 0 Å². The number of carbonyl (C=O) groups is 1. The fourth-order valence-corrected chi connectivity index (χ4v) is 4.51. The molecule has 0 aliphatic carbocycles. The summed E-state index contributed by atoms with van der Waals surface area (Å²) in [6.07, 6.45) is 3.41. The zero-order chi connectivity index (χ0) is 15.8. The summed E-state index contributed by atoms with van der Waals surface area (Å²) in [5.41, 5.74) is 1.54. The third-order valence-corrected chi connectivity index (χ3v) is 5.72. The Labute approximate surface area is 138 Å². The number of aliphatic hydroxyl groups is 1. The zero-order valence-electron chi connectivity index (χ0n) is 12.6. The quantitative estimate of drug-likeness (QED) is 0.738. The third kappa shape index (κ3) is 2.74. The van der Waals surface area contributed by atoms with Crippen LogP contribution in [0, 0.1) is 11.8 Å². The van der Waals surface area contributed by atoms with E-state index in [1.54, 1.807) is 11.3 Å². The van der Waals surface area contributed by atoms with Gasteiger partial charge in [-0.3, -0.25) is 4.79 Å². The van der Waals surface area contributed by atoms with Gasteiger partial charge in [-0.1, -0.05) is 11.8 Å². The summed E-state index contributed by atoms with van der Waals surface area (Å²) in [7, 11) is 0. The molecule has 0 unspecified atom stereocenters. The first-order valence-corrected chi connectivity index (χ1v) is 8.80. The van der Waals surface area contributed by atoms with E-state index in [1.165, 1.54) is 6.42 Å². The minimum Gasteiger partial charge on any atom is -0.384 e. The number of fused-ring (bicyclic) bond motifs is 3. The van der Waals surface area contributed by atoms with Gasteiger partial charge in [0.2, 0.25) is 0 Å². The molecule has 3 atom stereocenters. The van der Waals surface area contributed by atoms with Crippen molar-refractivity contribution in [2.24, 2.45) is 0 Å². The molecule has 2 aliphatic heterocycles. The minimum atomic E-state index is -0.158. The van der Waals surface area contributed by atoms with E-state index in [2.05, 4.69) is 22.5 Å². The highest BCUT2D eigenvalue weighted by Gasteiger charge is 2.39. The SMILES string of the molecule is O=C(N[C@@H]1C[C@H]2CC[C@@H]1N2)c1ccc2scc(C#CCO)c2c1. The number of benzene rings is 1. The summed E-state index contributed by atoms with van der Waals surface area (Å²) in [5, 5.41) is 18.5. The Morgan fingerprint density at radius 1 is 1.43 bits per heavy atom. The molecule has 2 aromatic rings. The molecule has 2 aliphatic rings. The van der Waals surface area contributed by atoms with Crippen molar-refractivity contribution in [3.05, 3.63) is 34.7 Å². The predicted molar refractivity (Wildman–Crippen MR) is 91.6 cm³/mol. The van der Waals surface area contributed by atoms with Gasteiger partial charge in [-0.15, -0.1) is 11.3 Å². The normalized spacial score (nSPS) is 25.3. The highest BCUT2D eigenvalue weighted by molar-refractivity contribution is 7.17. The third-order valence-electron chi connectivity index (χ3n) is 4.75. The van der Waals surface area contributed by atoms with Crippen LogP contribution in [0.5, 0.6) is 0 Å². The number of hydrogen-bond acceptors (Lipinski definition) is 4. The Morgan fingerprint density at radius 2 is 2.35 bits per heavy atom. The summed E-state index contributed by atoms with van der Waals surface area (Å²) in [6.45, 7) is -0.158. The van der Waals surface area contributed by atoms with E-state index < -0.39 is 0 Å². The average molecular weight is 326 g/mol. The molecule has 2 saturated heterocycles. The fraction of sp³-hybridized carbons (Fsp3) is 0.389. The molecule has 3 N–H and O–H groups in total. The fourth-order valence-electron chi connectivity index (χ4n) is 3.64. The summed E-state index contributed by atoms with van der Waals surface area (Å²) < 4.78 is 1.10. The van der Waals surface area contributed by atoms with E-state index in [1.807, 2.05) is 23.6 Å². The molecular weight excluding hydrogens is 308 g/mol. The predicted octanol–water partition coefficient (Wildman–Crippen LogP) is 1.87. The molecule has 0 radical (unpaired) electrons. The molecule has 4 nitrogen and oxygen atoms in total. The Morgan fingerprint density at radius 3 is 3.09 bits per heavy atom. The van der Waals surface area contributed by atoms with Crippen LogP contribution in [0.2, 0.25) is 0 Å². The van der Waals surface area contributed by atoms with Gasteiger partial charge < -0.3 is 15.7 Å². The summed E-state index contributed by atoms with van der Waals surface area (Å²) in [6, 6.07) is 7.00. The number of hydrogen-bond donors (Lipinski definition) is 3. The Kier molecular flexibility index (Phi) is 3.82. The zero-order valence-corrected chi connectivity index (χ0v) is 13.5. The van der Waals surface area contributed by atoms with Crippen molar-refractivity contribution < 1.29 is 9.90 Å². The molecule has 2 bridgehead atoms. The van der Waals surface area contributed by atoms with Crippen LogP contribution in [0.4, 0.5) is 0 Å². The van der Waals surface area contributed by atoms with Crippen molar-refractivity contribution in [1.82, 2.24) is 10.6 Å². The second-order valence-electron chi connectivity index (χ2n) is 6.18. The topological polar surface area (TPSA) is 61.4 Å². The lowest BCUT2D eigenvalue weighted by molar-refractivity contribution is 0.0931. The van der Waals surface area contributed by atoms with E-state index in [0.717, 1.165) is 28.5 Å². The number of nitrogens with one attached hydrogen (secondary N) is 2. The number of carbonyl (C=O) groups excluding carboxylic acids is 1. The van der Waals surface area contributed by atoms with Crippen molar-refractivity contribution in [2.45, 2.75) is 37.4 Å². The highest BCUT2D eigenvalue weighted by Crippen LogP contribution is 2.29. The molecular formula is C18H18N2O2S. The maximum Gasteiger partial charge on any atom is 0.251 e. The van der Waals surface area contributed by atoms with E-state index in [4.69, 9.17) is 5.11 Å². The van der Waals surface area contributed by atoms with Crippen molar-refractivity contribution in [3.8, 4) is 11.8 Å². The van der Waals surface area contributed by atoms with Crippen LogP contribution in [0.1, 0.15) is 35.2 Å². The first-order valence-electron chi connectivity index (χ1n) is 7.92. The monoisotopic (exact) mass is 326 g/mol. The molecule has 4 rings (SSSR count). The highest BCUT2D eigenvalue weighted by atomic mass is 32.1.